The summed E-state index contributed by atoms with van der Waals surface area (Å²) in [5.41, 5.74) is 1.22. The SMILES string of the molecule is C=CC(C)c1ccc(I)c(Cl)c1. The summed E-state index contributed by atoms with van der Waals surface area (Å²) in [5, 5.41) is 0.821. The number of hydrogen-bond acceptors (Lipinski definition) is 0. The van der Waals surface area contributed by atoms with Crippen LogP contribution in [0.4, 0.5) is 0 Å². The first-order chi connectivity index (χ1) is 5.65. The van der Waals surface area contributed by atoms with Crippen molar-refractivity contribution in [1.29, 1.82) is 0 Å². The van der Waals surface area contributed by atoms with Gasteiger partial charge in [-0.15, -0.1) is 6.58 Å². The minimum absolute atomic E-state index is 0.375. The summed E-state index contributed by atoms with van der Waals surface area (Å²) in [6.45, 7) is 5.85. The molecule has 0 saturated carbocycles. The van der Waals surface area contributed by atoms with Crippen LogP contribution in [0.25, 0.3) is 0 Å². The largest absolute Gasteiger partial charge is 0.102 e. The van der Waals surface area contributed by atoms with Gasteiger partial charge >= 0.3 is 0 Å². The molecule has 0 amide bonds. The summed E-state index contributed by atoms with van der Waals surface area (Å²) in [6.07, 6.45) is 1.92. The van der Waals surface area contributed by atoms with Crippen LogP contribution >= 0.6 is 34.2 Å². The van der Waals surface area contributed by atoms with Gasteiger partial charge in [0.25, 0.3) is 0 Å². The van der Waals surface area contributed by atoms with Crippen molar-refractivity contribution in [2.75, 3.05) is 0 Å². The molecule has 0 spiro atoms. The topological polar surface area (TPSA) is 0 Å². The molecule has 64 valence electrons. The number of halogens is 2. The molecule has 0 radical (unpaired) electrons. The van der Waals surface area contributed by atoms with Gasteiger partial charge in [-0.25, -0.2) is 0 Å². The number of allylic oxidation sites excluding steroid dienone is 1. The van der Waals surface area contributed by atoms with Gasteiger partial charge < -0.3 is 0 Å². The molecular formula is C10H10ClI. The van der Waals surface area contributed by atoms with Crippen molar-refractivity contribution in [1.82, 2.24) is 0 Å². The summed E-state index contributed by atoms with van der Waals surface area (Å²) >= 11 is 8.19. The molecule has 0 bridgehead atoms. The van der Waals surface area contributed by atoms with Crippen LogP contribution in [-0.2, 0) is 0 Å². The first kappa shape index (κ1) is 10.1. The molecule has 0 fully saturated rings. The van der Waals surface area contributed by atoms with E-state index < -0.39 is 0 Å². The van der Waals surface area contributed by atoms with Crippen LogP contribution in [0.3, 0.4) is 0 Å². The Labute approximate surface area is 91.8 Å². The maximum Gasteiger partial charge on any atom is 0.0542 e. The molecule has 1 rings (SSSR count). The lowest BCUT2D eigenvalue weighted by molar-refractivity contribution is 0.970. The summed E-state index contributed by atoms with van der Waals surface area (Å²) in [4.78, 5) is 0. The monoisotopic (exact) mass is 292 g/mol. The van der Waals surface area contributed by atoms with E-state index in [4.69, 9.17) is 11.6 Å². The molecule has 0 aliphatic carbocycles. The van der Waals surface area contributed by atoms with Crippen molar-refractivity contribution in [3.63, 3.8) is 0 Å². The zero-order chi connectivity index (χ0) is 9.14. The van der Waals surface area contributed by atoms with Gasteiger partial charge in [-0.2, -0.15) is 0 Å². The zero-order valence-corrected chi connectivity index (χ0v) is 9.76. The second kappa shape index (κ2) is 4.28. The van der Waals surface area contributed by atoms with E-state index in [1.807, 2.05) is 18.2 Å². The Balaban J connectivity index is 3.04. The van der Waals surface area contributed by atoms with Gasteiger partial charge in [-0.3, -0.25) is 0 Å². The van der Waals surface area contributed by atoms with Gasteiger partial charge in [0.1, 0.15) is 0 Å². The summed E-state index contributed by atoms with van der Waals surface area (Å²) in [5.74, 6) is 0.375. The molecule has 0 aromatic heterocycles. The maximum absolute atomic E-state index is 5.97. The second-order valence-electron chi connectivity index (χ2n) is 2.70. The van der Waals surface area contributed by atoms with E-state index >= 15 is 0 Å². The maximum atomic E-state index is 5.97. The predicted octanol–water partition coefficient (Wildman–Crippen LogP) is 4.23. The summed E-state index contributed by atoms with van der Waals surface area (Å²) < 4.78 is 1.09. The highest BCUT2D eigenvalue weighted by Gasteiger charge is 2.02. The lowest BCUT2D eigenvalue weighted by Gasteiger charge is -2.06. The van der Waals surface area contributed by atoms with Gasteiger partial charge in [0, 0.05) is 3.57 Å². The third-order valence-electron chi connectivity index (χ3n) is 1.82. The predicted molar refractivity (Wildman–Crippen MR) is 62.8 cm³/mol. The van der Waals surface area contributed by atoms with Crippen LogP contribution in [0.5, 0.6) is 0 Å². The molecule has 0 saturated heterocycles. The number of hydrogen-bond donors (Lipinski definition) is 0. The highest BCUT2D eigenvalue weighted by Crippen LogP contribution is 2.24. The van der Waals surface area contributed by atoms with Crippen molar-refractivity contribution in [2.24, 2.45) is 0 Å². The van der Waals surface area contributed by atoms with Crippen molar-refractivity contribution in [2.45, 2.75) is 12.8 Å². The first-order valence-corrected chi connectivity index (χ1v) is 5.18. The minimum atomic E-state index is 0.375. The van der Waals surface area contributed by atoms with Crippen LogP contribution in [0.1, 0.15) is 18.4 Å². The Morgan fingerprint density at radius 2 is 2.25 bits per heavy atom. The lowest BCUT2D eigenvalue weighted by Crippen LogP contribution is -1.88. The van der Waals surface area contributed by atoms with E-state index in [9.17, 15) is 0 Å². The molecule has 0 aliphatic heterocycles. The molecule has 0 heterocycles. The van der Waals surface area contributed by atoms with Crippen LogP contribution in [0, 0.1) is 3.57 Å². The molecule has 1 unspecified atom stereocenters. The Morgan fingerprint density at radius 1 is 1.58 bits per heavy atom. The molecule has 1 atom stereocenters. The van der Waals surface area contributed by atoms with Crippen LogP contribution in [-0.4, -0.2) is 0 Å². The Hall–Kier alpha value is -0.0200. The van der Waals surface area contributed by atoms with E-state index in [2.05, 4.69) is 42.2 Å². The van der Waals surface area contributed by atoms with Gasteiger partial charge in [0.05, 0.1) is 5.02 Å². The van der Waals surface area contributed by atoms with Crippen LogP contribution in [0.2, 0.25) is 5.02 Å². The van der Waals surface area contributed by atoms with Crippen LogP contribution in [0.15, 0.2) is 30.9 Å². The standard InChI is InChI=1S/C10H10ClI/c1-3-7(2)8-4-5-10(12)9(11)6-8/h3-7H,1H2,2H3. The molecular weight excluding hydrogens is 282 g/mol. The second-order valence-corrected chi connectivity index (χ2v) is 4.27. The average molecular weight is 293 g/mol. The minimum Gasteiger partial charge on any atom is -0.102 e. The Kier molecular flexibility index (Phi) is 3.59. The normalized spacial score (nSPS) is 12.6. The molecule has 0 N–H and O–H groups in total. The molecule has 1 aromatic carbocycles. The fraction of sp³-hybridized carbons (Fsp3) is 0.200. The molecule has 2 heteroatoms. The zero-order valence-electron chi connectivity index (χ0n) is 6.85. The molecule has 1 aromatic rings. The highest BCUT2D eigenvalue weighted by molar-refractivity contribution is 14.1. The van der Waals surface area contributed by atoms with Crippen LogP contribution < -0.4 is 0 Å². The van der Waals surface area contributed by atoms with E-state index in [1.54, 1.807) is 0 Å². The van der Waals surface area contributed by atoms with E-state index in [0.29, 0.717) is 5.92 Å². The third-order valence-corrected chi connectivity index (χ3v) is 3.40. The summed E-state index contributed by atoms with van der Waals surface area (Å²) in [6, 6.07) is 6.11. The van der Waals surface area contributed by atoms with Gasteiger partial charge in [-0.05, 0) is 46.2 Å². The van der Waals surface area contributed by atoms with E-state index in [1.165, 1.54) is 5.56 Å². The Bertz CT molecular complexity index is 294. The summed E-state index contributed by atoms with van der Waals surface area (Å²) in [7, 11) is 0. The number of benzene rings is 1. The number of rotatable bonds is 2. The van der Waals surface area contributed by atoms with Gasteiger partial charge in [0.2, 0.25) is 0 Å². The van der Waals surface area contributed by atoms with E-state index in [0.717, 1.165) is 8.59 Å². The van der Waals surface area contributed by atoms with E-state index in [-0.39, 0.29) is 0 Å². The lowest BCUT2D eigenvalue weighted by atomic mass is 10.0. The quantitative estimate of drug-likeness (QED) is 0.565. The fourth-order valence-corrected chi connectivity index (χ4v) is 1.46. The smallest absolute Gasteiger partial charge is 0.0542 e. The fourth-order valence-electron chi connectivity index (χ4n) is 0.932. The van der Waals surface area contributed by atoms with Crippen molar-refractivity contribution in [3.8, 4) is 0 Å². The third kappa shape index (κ3) is 2.23. The van der Waals surface area contributed by atoms with Crippen molar-refractivity contribution < 1.29 is 0 Å². The Morgan fingerprint density at radius 3 is 2.75 bits per heavy atom. The first-order valence-electron chi connectivity index (χ1n) is 3.72. The van der Waals surface area contributed by atoms with Crippen molar-refractivity contribution in [3.05, 3.63) is 45.0 Å². The molecule has 12 heavy (non-hydrogen) atoms. The van der Waals surface area contributed by atoms with Gasteiger partial charge in [0.15, 0.2) is 0 Å². The molecule has 0 nitrogen and oxygen atoms in total. The highest BCUT2D eigenvalue weighted by atomic mass is 127. The van der Waals surface area contributed by atoms with Crippen molar-refractivity contribution >= 4 is 34.2 Å². The molecule has 0 aliphatic rings. The van der Waals surface area contributed by atoms with Gasteiger partial charge in [-0.1, -0.05) is 30.7 Å². The average Bonchev–Trinajstić information content (AvgIpc) is 2.08.